The van der Waals surface area contributed by atoms with Crippen LogP contribution in [0.15, 0.2) is 51.8 Å². The van der Waals surface area contributed by atoms with Crippen LogP contribution >= 0.6 is 15.9 Å². The number of halogens is 1. The van der Waals surface area contributed by atoms with E-state index in [0.29, 0.717) is 16.3 Å². The topological polar surface area (TPSA) is 52.3 Å². The average Bonchev–Trinajstić information content (AvgIpc) is 2.39. The number of nitrogen functional groups attached to an aromatic ring is 1. The van der Waals surface area contributed by atoms with Crippen LogP contribution in [0.4, 0.5) is 5.69 Å². The van der Waals surface area contributed by atoms with E-state index >= 15 is 0 Å². The van der Waals surface area contributed by atoms with Crippen LogP contribution in [0, 0.1) is 0 Å². The minimum atomic E-state index is -1.15. The molecule has 0 radical (unpaired) electrons. The van der Waals surface area contributed by atoms with Crippen molar-refractivity contribution in [3.63, 3.8) is 0 Å². The average molecular weight is 340 g/mol. The van der Waals surface area contributed by atoms with Crippen molar-refractivity contribution in [2.75, 3.05) is 12.8 Å². The van der Waals surface area contributed by atoms with E-state index in [0.717, 1.165) is 15.8 Å². The van der Waals surface area contributed by atoms with Crippen molar-refractivity contribution >= 4 is 32.4 Å². The van der Waals surface area contributed by atoms with Crippen LogP contribution in [0.2, 0.25) is 0 Å². The minimum Gasteiger partial charge on any atom is -0.496 e. The van der Waals surface area contributed by atoms with E-state index < -0.39 is 10.8 Å². The van der Waals surface area contributed by atoms with E-state index in [9.17, 15) is 4.21 Å². The van der Waals surface area contributed by atoms with Gasteiger partial charge in [-0.1, -0.05) is 18.2 Å². The van der Waals surface area contributed by atoms with Crippen LogP contribution in [-0.2, 0) is 16.6 Å². The number of para-hydroxylation sites is 1. The smallest absolute Gasteiger partial charge is 0.133 e. The molecular formula is C14H14BrNO2S. The van der Waals surface area contributed by atoms with Gasteiger partial charge < -0.3 is 10.5 Å². The molecule has 2 aromatic carbocycles. The first-order chi connectivity index (χ1) is 9.11. The Balaban J connectivity index is 2.20. The number of hydrogen-bond donors (Lipinski definition) is 1. The molecule has 1 unspecified atom stereocenters. The number of rotatable bonds is 4. The summed E-state index contributed by atoms with van der Waals surface area (Å²) in [6, 6.07) is 12.9. The Labute approximate surface area is 123 Å². The lowest BCUT2D eigenvalue weighted by molar-refractivity contribution is 0.412. The number of ether oxygens (including phenoxy) is 1. The molecule has 0 heterocycles. The number of anilines is 1. The van der Waals surface area contributed by atoms with Crippen LogP contribution in [0.25, 0.3) is 0 Å². The normalized spacial score (nSPS) is 12.1. The lowest BCUT2D eigenvalue weighted by atomic mass is 10.2. The van der Waals surface area contributed by atoms with Gasteiger partial charge in [0, 0.05) is 5.69 Å². The maximum absolute atomic E-state index is 12.3. The Morgan fingerprint density at radius 1 is 1.26 bits per heavy atom. The van der Waals surface area contributed by atoms with Gasteiger partial charge >= 0.3 is 0 Å². The molecule has 0 aliphatic heterocycles. The molecule has 0 amide bonds. The van der Waals surface area contributed by atoms with Crippen molar-refractivity contribution in [3.05, 3.63) is 52.5 Å². The molecule has 2 aromatic rings. The van der Waals surface area contributed by atoms with Gasteiger partial charge in [-0.3, -0.25) is 4.21 Å². The Kier molecular flexibility index (Phi) is 4.61. The third kappa shape index (κ3) is 3.36. The fraction of sp³-hybridized carbons (Fsp3) is 0.143. The molecule has 100 valence electrons. The monoisotopic (exact) mass is 339 g/mol. The summed E-state index contributed by atoms with van der Waals surface area (Å²) in [7, 11) is 0.464. The predicted octanol–water partition coefficient (Wildman–Crippen LogP) is 3.35. The van der Waals surface area contributed by atoms with E-state index in [1.165, 1.54) is 0 Å². The lowest BCUT2D eigenvalue weighted by Crippen LogP contribution is -2.00. The van der Waals surface area contributed by atoms with E-state index in [-0.39, 0.29) is 0 Å². The van der Waals surface area contributed by atoms with Gasteiger partial charge in [0.2, 0.25) is 0 Å². The molecule has 19 heavy (non-hydrogen) atoms. The molecule has 0 saturated carbocycles. The minimum absolute atomic E-state index is 0.427. The maximum Gasteiger partial charge on any atom is 0.133 e. The zero-order valence-electron chi connectivity index (χ0n) is 10.4. The molecule has 0 fully saturated rings. The number of methoxy groups -OCH3 is 1. The predicted molar refractivity (Wildman–Crippen MR) is 81.7 cm³/mol. The fourth-order valence-corrected chi connectivity index (χ4v) is 3.50. The van der Waals surface area contributed by atoms with Crippen LogP contribution in [-0.4, -0.2) is 11.3 Å². The van der Waals surface area contributed by atoms with E-state index in [4.69, 9.17) is 10.5 Å². The molecule has 0 aliphatic rings. The van der Waals surface area contributed by atoms with Crippen LogP contribution in [0.5, 0.6) is 5.75 Å². The first kappa shape index (κ1) is 14.1. The summed E-state index contributed by atoms with van der Waals surface area (Å²) in [5, 5.41) is 0. The SMILES string of the molecule is COc1ccc(CS(=O)c2ccccc2N)cc1Br. The summed E-state index contributed by atoms with van der Waals surface area (Å²) in [5.74, 6) is 1.19. The van der Waals surface area contributed by atoms with Crippen LogP contribution < -0.4 is 10.5 Å². The molecular weight excluding hydrogens is 326 g/mol. The third-order valence-corrected chi connectivity index (χ3v) is 4.76. The zero-order chi connectivity index (χ0) is 13.8. The van der Waals surface area contributed by atoms with Gasteiger partial charge in [0.15, 0.2) is 0 Å². The lowest BCUT2D eigenvalue weighted by Gasteiger charge is -2.08. The number of benzene rings is 2. The van der Waals surface area contributed by atoms with Gasteiger partial charge in [-0.2, -0.15) is 0 Å². The van der Waals surface area contributed by atoms with Gasteiger partial charge in [-0.05, 0) is 45.8 Å². The Morgan fingerprint density at radius 2 is 2.00 bits per heavy atom. The molecule has 1 atom stereocenters. The summed E-state index contributed by atoms with van der Waals surface area (Å²) in [6.07, 6.45) is 0. The molecule has 0 bridgehead atoms. The quantitative estimate of drug-likeness (QED) is 0.869. The highest BCUT2D eigenvalue weighted by Gasteiger charge is 2.09. The van der Waals surface area contributed by atoms with Crippen LogP contribution in [0.3, 0.4) is 0 Å². The van der Waals surface area contributed by atoms with Crippen molar-refractivity contribution in [3.8, 4) is 5.75 Å². The molecule has 0 aliphatic carbocycles. The second-order valence-corrected chi connectivity index (χ2v) is 6.27. The summed E-state index contributed by atoms with van der Waals surface area (Å²) in [5.41, 5.74) is 7.36. The second-order valence-electron chi connectivity index (χ2n) is 4.00. The highest BCUT2D eigenvalue weighted by molar-refractivity contribution is 9.10. The molecule has 0 saturated heterocycles. The van der Waals surface area contributed by atoms with Crippen molar-refractivity contribution in [2.24, 2.45) is 0 Å². The number of nitrogens with two attached hydrogens (primary N) is 1. The molecule has 5 heteroatoms. The molecule has 2 rings (SSSR count). The van der Waals surface area contributed by atoms with E-state index in [1.54, 1.807) is 19.2 Å². The summed E-state index contributed by atoms with van der Waals surface area (Å²) in [6.45, 7) is 0. The van der Waals surface area contributed by atoms with Gasteiger partial charge in [0.1, 0.15) is 5.75 Å². The Morgan fingerprint density at radius 3 is 2.63 bits per heavy atom. The largest absolute Gasteiger partial charge is 0.496 e. The summed E-state index contributed by atoms with van der Waals surface area (Å²) < 4.78 is 18.3. The second kappa shape index (κ2) is 6.21. The van der Waals surface area contributed by atoms with Gasteiger partial charge in [-0.15, -0.1) is 0 Å². The zero-order valence-corrected chi connectivity index (χ0v) is 12.8. The maximum atomic E-state index is 12.3. The number of hydrogen-bond acceptors (Lipinski definition) is 3. The Bertz CT molecular complexity index is 616. The first-order valence-electron chi connectivity index (χ1n) is 5.67. The molecule has 0 aromatic heterocycles. The molecule has 0 spiro atoms. The van der Waals surface area contributed by atoms with Crippen LogP contribution in [0.1, 0.15) is 5.56 Å². The third-order valence-electron chi connectivity index (χ3n) is 2.68. The van der Waals surface area contributed by atoms with Crippen molar-refractivity contribution in [1.29, 1.82) is 0 Å². The highest BCUT2D eigenvalue weighted by atomic mass is 79.9. The molecule has 2 N–H and O–H groups in total. The van der Waals surface area contributed by atoms with Gasteiger partial charge in [0.05, 0.1) is 33.0 Å². The van der Waals surface area contributed by atoms with Crippen molar-refractivity contribution < 1.29 is 8.95 Å². The standard InChI is InChI=1S/C14H14BrNO2S/c1-18-13-7-6-10(8-11(13)15)9-19(17)14-5-3-2-4-12(14)16/h2-8H,9,16H2,1H3. The Hall–Kier alpha value is -1.33. The summed E-state index contributed by atoms with van der Waals surface area (Å²) in [4.78, 5) is 0.675. The van der Waals surface area contributed by atoms with Gasteiger partial charge in [0.25, 0.3) is 0 Å². The molecule has 3 nitrogen and oxygen atoms in total. The highest BCUT2D eigenvalue weighted by Crippen LogP contribution is 2.27. The van der Waals surface area contributed by atoms with E-state index in [1.807, 2.05) is 30.3 Å². The summed E-state index contributed by atoms with van der Waals surface area (Å²) >= 11 is 3.42. The van der Waals surface area contributed by atoms with Crippen molar-refractivity contribution in [1.82, 2.24) is 0 Å². The van der Waals surface area contributed by atoms with Crippen molar-refractivity contribution in [2.45, 2.75) is 10.6 Å². The first-order valence-corrected chi connectivity index (χ1v) is 7.78. The van der Waals surface area contributed by atoms with E-state index in [2.05, 4.69) is 15.9 Å². The van der Waals surface area contributed by atoms with Gasteiger partial charge in [-0.25, -0.2) is 0 Å². The fourth-order valence-electron chi connectivity index (χ4n) is 1.72.